The zero-order valence-electron chi connectivity index (χ0n) is 12.6. The first kappa shape index (κ1) is 20.8. The molecule has 18 heavy (non-hydrogen) atoms. The number of likely N-dealkylation sites (N-methyl/N-ethyl adjacent to an activating group) is 1. The van der Waals surface area contributed by atoms with E-state index in [2.05, 4.69) is 39.7 Å². The molecule has 0 aromatic rings. The number of rotatable bonds is 10. The first-order valence-electron chi connectivity index (χ1n) is 6.60. The predicted octanol–water partition coefficient (Wildman–Crippen LogP) is -0.204. The average molecular weight is 301 g/mol. The van der Waals surface area contributed by atoms with Crippen molar-refractivity contribution in [2.24, 2.45) is 0 Å². The molecule has 3 nitrogen and oxygen atoms in total. The second kappa shape index (κ2) is 10.3. The third-order valence-electron chi connectivity index (χ3n) is 3.08. The number of quaternary nitrogens is 1. The molecule has 0 aliphatic rings. The molecule has 0 aliphatic carbocycles. The van der Waals surface area contributed by atoms with Crippen LogP contribution in [0.1, 0.15) is 40.0 Å². The monoisotopic (exact) mass is 300 g/mol. The molecule has 0 aromatic heterocycles. The molecule has 0 radical (unpaired) electrons. The van der Waals surface area contributed by atoms with Crippen molar-refractivity contribution < 1.29 is 21.6 Å². The van der Waals surface area contributed by atoms with Gasteiger partial charge in [0.1, 0.15) is 6.54 Å². The third kappa shape index (κ3) is 11.5. The van der Waals surface area contributed by atoms with Gasteiger partial charge in [-0.15, -0.1) is 0 Å². The van der Waals surface area contributed by atoms with Gasteiger partial charge in [0.2, 0.25) is 0 Å². The first-order chi connectivity index (χ1) is 7.83. The zero-order valence-corrected chi connectivity index (χ0v) is 14.1. The van der Waals surface area contributed by atoms with E-state index in [4.69, 9.17) is 16.5 Å². The van der Waals surface area contributed by atoms with Gasteiger partial charge in [-0.3, -0.25) is 0 Å². The van der Waals surface area contributed by atoms with Crippen LogP contribution < -0.4 is 17.2 Å². The van der Waals surface area contributed by atoms with Crippen LogP contribution >= 0.6 is 11.8 Å². The van der Waals surface area contributed by atoms with Crippen LogP contribution in [0.4, 0.5) is 0 Å². The summed E-state index contributed by atoms with van der Waals surface area (Å²) in [6.07, 6.45) is 3.42. The van der Waals surface area contributed by atoms with Crippen molar-refractivity contribution in [2.75, 3.05) is 40.4 Å². The quantitative estimate of drug-likeness (QED) is 0.343. The van der Waals surface area contributed by atoms with Gasteiger partial charge in [0.05, 0.1) is 27.2 Å². The zero-order chi connectivity index (χ0) is 13.4. The Morgan fingerprint density at radius 2 is 1.78 bits per heavy atom. The molecular formula is C13H30Cl2N2O. The predicted molar refractivity (Wildman–Crippen MR) is 75.3 cm³/mol. The second-order valence-electron chi connectivity index (χ2n) is 6.08. The molecule has 0 spiro atoms. The van der Waals surface area contributed by atoms with Gasteiger partial charge in [-0.05, 0) is 32.0 Å². The fraction of sp³-hybridized carbons (Fsp3) is 1.00. The van der Waals surface area contributed by atoms with Gasteiger partial charge in [0, 0.05) is 18.6 Å². The van der Waals surface area contributed by atoms with E-state index in [0.717, 1.165) is 43.6 Å². The number of hydrogen-bond acceptors (Lipinski definition) is 2. The summed E-state index contributed by atoms with van der Waals surface area (Å²) >= 11 is 5.70. The highest BCUT2D eigenvalue weighted by atomic mass is 35.5. The maximum Gasteiger partial charge on any atom is 0.102 e. The second-order valence-corrected chi connectivity index (χ2v) is 6.27. The van der Waals surface area contributed by atoms with Gasteiger partial charge in [-0.2, -0.15) is 0 Å². The molecule has 0 aromatic carbocycles. The summed E-state index contributed by atoms with van der Waals surface area (Å²) < 4.78 is 6.59. The SMILES string of the molecule is CCCCOCC[N+](C)(C)CCC(C)(C)NCl.[Cl-]. The average Bonchev–Trinajstić information content (AvgIpc) is 2.27. The Hall–Kier alpha value is 0.460. The minimum absolute atomic E-state index is 0. The minimum atomic E-state index is 0. The molecule has 0 bridgehead atoms. The highest BCUT2D eigenvalue weighted by molar-refractivity contribution is 6.13. The van der Waals surface area contributed by atoms with Crippen molar-refractivity contribution in [1.29, 1.82) is 0 Å². The van der Waals surface area contributed by atoms with E-state index < -0.39 is 0 Å². The molecule has 0 unspecified atom stereocenters. The third-order valence-corrected chi connectivity index (χ3v) is 3.59. The molecule has 0 aliphatic heterocycles. The highest BCUT2D eigenvalue weighted by Crippen LogP contribution is 2.12. The number of unbranched alkanes of at least 4 members (excludes halogenated alkanes) is 1. The van der Waals surface area contributed by atoms with Gasteiger partial charge < -0.3 is 21.6 Å². The van der Waals surface area contributed by atoms with E-state index in [1.165, 1.54) is 6.42 Å². The van der Waals surface area contributed by atoms with Crippen LogP contribution in [0.2, 0.25) is 0 Å². The molecule has 0 saturated carbocycles. The Labute approximate surface area is 124 Å². The van der Waals surface area contributed by atoms with E-state index in [9.17, 15) is 0 Å². The number of ether oxygens (including phenoxy) is 1. The molecule has 5 heteroatoms. The van der Waals surface area contributed by atoms with Crippen LogP contribution in [0.5, 0.6) is 0 Å². The summed E-state index contributed by atoms with van der Waals surface area (Å²) in [6, 6.07) is 0. The standard InChI is InChI=1S/C13H30ClN2O.ClH/c1-6-7-11-17-12-10-16(4,5)9-8-13(2,3)15-14;/h15H,6-12H2,1-5H3;1H/q+1;/p-1. The molecule has 0 saturated heterocycles. The van der Waals surface area contributed by atoms with Gasteiger partial charge in [-0.25, -0.2) is 4.84 Å². The smallest absolute Gasteiger partial charge is 0.102 e. The van der Waals surface area contributed by atoms with E-state index >= 15 is 0 Å². The molecule has 112 valence electrons. The summed E-state index contributed by atoms with van der Waals surface area (Å²) in [6.45, 7) is 10.3. The summed E-state index contributed by atoms with van der Waals surface area (Å²) in [5.41, 5.74) is 0.000142. The molecule has 0 heterocycles. The van der Waals surface area contributed by atoms with Crippen molar-refractivity contribution in [3.63, 3.8) is 0 Å². The largest absolute Gasteiger partial charge is 1.00 e. The van der Waals surface area contributed by atoms with Crippen LogP contribution in [0.3, 0.4) is 0 Å². The topological polar surface area (TPSA) is 21.3 Å². The van der Waals surface area contributed by atoms with Gasteiger partial charge in [-0.1, -0.05) is 13.3 Å². The van der Waals surface area contributed by atoms with Crippen molar-refractivity contribution >= 4 is 11.8 Å². The number of hydrogen-bond donors (Lipinski definition) is 1. The molecule has 0 amide bonds. The van der Waals surface area contributed by atoms with Crippen LogP contribution in [0, 0.1) is 0 Å². The van der Waals surface area contributed by atoms with E-state index in [1.54, 1.807) is 0 Å². The van der Waals surface area contributed by atoms with Gasteiger partial charge in [0.25, 0.3) is 0 Å². The summed E-state index contributed by atoms with van der Waals surface area (Å²) in [7, 11) is 4.49. The summed E-state index contributed by atoms with van der Waals surface area (Å²) in [5, 5.41) is 0. The van der Waals surface area contributed by atoms with Crippen molar-refractivity contribution in [3.05, 3.63) is 0 Å². The highest BCUT2D eigenvalue weighted by Gasteiger charge is 2.22. The lowest BCUT2D eigenvalue weighted by molar-refractivity contribution is -0.891. The Morgan fingerprint density at radius 3 is 2.28 bits per heavy atom. The molecular weight excluding hydrogens is 271 g/mol. The first-order valence-corrected chi connectivity index (χ1v) is 6.98. The maximum atomic E-state index is 5.70. The van der Waals surface area contributed by atoms with Gasteiger partial charge >= 0.3 is 0 Å². The Kier molecular flexibility index (Phi) is 11.9. The number of nitrogens with one attached hydrogen (secondary N) is 1. The number of nitrogens with zero attached hydrogens (tertiary/aromatic N) is 1. The van der Waals surface area contributed by atoms with Crippen molar-refractivity contribution in [3.8, 4) is 0 Å². The molecule has 0 atom stereocenters. The Bertz CT molecular complexity index is 199. The lowest BCUT2D eigenvalue weighted by Crippen LogP contribution is -3.00. The fourth-order valence-corrected chi connectivity index (χ4v) is 1.50. The summed E-state index contributed by atoms with van der Waals surface area (Å²) in [5.74, 6) is 0. The minimum Gasteiger partial charge on any atom is -1.00 e. The van der Waals surface area contributed by atoms with E-state index in [1.807, 2.05) is 0 Å². The van der Waals surface area contributed by atoms with Crippen LogP contribution in [0.25, 0.3) is 0 Å². The van der Waals surface area contributed by atoms with Crippen molar-refractivity contribution in [2.45, 2.75) is 45.6 Å². The van der Waals surface area contributed by atoms with Crippen molar-refractivity contribution in [1.82, 2.24) is 4.84 Å². The van der Waals surface area contributed by atoms with Gasteiger partial charge in [0.15, 0.2) is 0 Å². The molecule has 0 rings (SSSR count). The van der Waals surface area contributed by atoms with Crippen LogP contribution in [0.15, 0.2) is 0 Å². The van der Waals surface area contributed by atoms with Crippen LogP contribution in [-0.2, 0) is 4.74 Å². The summed E-state index contributed by atoms with van der Waals surface area (Å²) in [4.78, 5) is 2.83. The Balaban J connectivity index is 0. The van der Waals surface area contributed by atoms with E-state index in [-0.39, 0.29) is 17.9 Å². The van der Waals surface area contributed by atoms with Crippen LogP contribution in [-0.4, -0.2) is 50.4 Å². The fourth-order valence-electron chi connectivity index (χ4n) is 1.40. The normalized spacial score (nSPS) is 12.3. The maximum absolute atomic E-state index is 5.70. The Morgan fingerprint density at radius 1 is 1.17 bits per heavy atom. The molecule has 0 fully saturated rings. The van der Waals surface area contributed by atoms with E-state index in [0.29, 0.717) is 0 Å². The lowest BCUT2D eigenvalue weighted by atomic mass is 10.0. The lowest BCUT2D eigenvalue weighted by Gasteiger charge is -2.33. The molecule has 1 N–H and O–H groups in total. The number of halogens is 2.